The number of carbonyl (C=O) groups excluding carboxylic acids is 1. The molecule has 19 heavy (non-hydrogen) atoms. The number of rotatable bonds is 8. The third-order valence-electron chi connectivity index (χ3n) is 2.75. The van der Waals surface area contributed by atoms with Crippen LogP contribution in [0.2, 0.25) is 0 Å². The van der Waals surface area contributed by atoms with Crippen LogP contribution in [0.5, 0.6) is 0 Å². The summed E-state index contributed by atoms with van der Waals surface area (Å²) in [5, 5.41) is 3.08. The van der Waals surface area contributed by atoms with Gasteiger partial charge >= 0.3 is 5.97 Å². The standard InChI is InChI=1S/C15H23NO3/c1-4-18-11-12(2)19-15(17)14-8-6-5-7-13(14)9-10-16-3/h5-8,12,16H,4,9-11H2,1-3H3. The molecule has 0 fully saturated rings. The summed E-state index contributed by atoms with van der Waals surface area (Å²) in [4.78, 5) is 12.1. The van der Waals surface area contributed by atoms with Gasteiger partial charge in [-0.1, -0.05) is 18.2 Å². The van der Waals surface area contributed by atoms with Crippen LogP contribution in [0.3, 0.4) is 0 Å². The van der Waals surface area contributed by atoms with E-state index in [2.05, 4.69) is 5.32 Å². The molecular weight excluding hydrogens is 242 g/mol. The lowest BCUT2D eigenvalue weighted by atomic mass is 10.0. The van der Waals surface area contributed by atoms with Crippen LogP contribution >= 0.6 is 0 Å². The third-order valence-corrected chi connectivity index (χ3v) is 2.75. The van der Waals surface area contributed by atoms with Crippen molar-refractivity contribution in [2.75, 3.05) is 26.8 Å². The molecular formula is C15H23NO3. The van der Waals surface area contributed by atoms with Crippen LogP contribution in [-0.2, 0) is 15.9 Å². The van der Waals surface area contributed by atoms with E-state index in [0.29, 0.717) is 18.8 Å². The summed E-state index contributed by atoms with van der Waals surface area (Å²) in [6.07, 6.45) is 0.575. The quantitative estimate of drug-likeness (QED) is 0.731. The lowest BCUT2D eigenvalue weighted by molar-refractivity contribution is 0.00430. The molecule has 0 radical (unpaired) electrons. The number of carbonyl (C=O) groups is 1. The lowest BCUT2D eigenvalue weighted by Crippen LogP contribution is -2.22. The molecule has 4 nitrogen and oxygen atoms in total. The van der Waals surface area contributed by atoms with Gasteiger partial charge in [0.1, 0.15) is 6.10 Å². The molecule has 1 aromatic carbocycles. The zero-order chi connectivity index (χ0) is 14.1. The first-order chi connectivity index (χ1) is 9.19. The van der Waals surface area contributed by atoms with Gasteiger partial charge < -0.3 is 14.8 Å². The largest absolute Gasteiger partial charge is 0.457 e. The smallest absolute Gasteiger partial charge is 0.338 e. The third kappa shape index (κ3) is 5.41. The van der Waals surface area contributed by atoms with Crippen molar-refractivity contribution in [2.45, 2.75) is 26.4 Å². The molecule has 4 heteroatoms. The van der Waals surface area contributed by atoms with Gasteiger partial charge in [0.15, 0.2) is 0 Å². The van der Waals surface area contributed by atoms with Crippen LogP contribution < -0.4 is 5.32 Å². The predicted octanol–water partition coefficient (Wildman–Crippen LogP) is 2.03. The molecule has 0 heterocycles. The Morgan fingerprint density at radius 3 is 2.79 bits per heavy atom. The minimum atomic E-state index is -0.279. The molecule has 0 aromatic heterocycles. The fourth-order valence-electron chi connectivity index (χ4n) is 1.76. The maximum absolute atomic E-state index is 12.1. The molecule has 0 saturated carbocycles. The van der Waals surface area contributed by atoms with Gasteiger partial charge in [-0.25, -0.2) is 4.79 Å². The average Bonchev–Trinajstić information content (AvgIpc) is 2.43. The normalized spacial score (nSPS) is 12.2. The van der Waals surface area contributed by atoms with Gasteiger partial charge in [0.2, 0.25) is 0 Å². The molecule has 1 atom stereocenters. The van der Waals surface area contributed by atoms with E-state index in [0.717, 1.165) is 18.5 Å². The number of ether oxygens (including phenoxy) is 2. The summed E-state index contributed by atoms with van der Waals surface area (Å²) in [7, 11) is 1.89. The predicted molar refractivity (Wildman–Crippen MR) is 75.4 cm³/mol. The van der Waals surface area contributed by atoms with Crippen molar-refractivity contribution in [1.29, 1.82) is 0 Å². The molecule has 0 bridgehead atoms. The molecule has 106 valence electrons. The fourth-order valence-corrected chi connectivity index (χ4v) is 1.76. The van der Waals surface area contributed by atoms with Crippen LogP contribution in [0.1, 0.15) is 29.8 Å². The first kappa shape index (κ1) is 15.7. The minimum Gasteiger partial charge on any atom is -0.457 e. The first-order valence-electron chi connectivity index (χ1n) is 6.70. The zero-order valence-corrected chi connectivity index (χ0v) is 11.9. The fraction of sp³-hybridized carbons (Fsp3) is 0.533. The van der Waals surface area contributed by atoms with Crippen molar-refractivity contribution in [3.05, 3.63) is 35.4 Å². The van der Waals surface area contributed by atoms with Crippen LogP contribution in [-0.4, -0.2) is 38.9 Å². The summed E-state index contributed by atoms with van der Waals surface area (Å²) >= 11 is 0. The van der Waals surface area contributed by atoms with Crippen LogP contribution in [0.4, 0.5) is 0 Å². The Bertz CT molecular complexity index is 393. The Hall–Kier alpha value is -1.39. The molecule has 0 saturated heterocycles. The number of likely N-dealkylation sites (N-methyl/N-ethyl adjacent to an activating group) is 1. The zero-order valence-electron chi connectivity index (χ0n) is 11.9. The SMILES string of the molecule is CCOCC(C)OC(=O)c1ccccc1CCNC. The van der Waals surface area contributed by atoms with Gasteiger partial charge in [0, 0.05) is 6.61 Å². The van der Waals surface area contributed by atoms with Crippen molar-refractivity contribution in [1.82, 2.24) is 5.32 Å². The van der Waals surface area contributed by atoms with Gasteiger partial charge in [-0.2, -0.15) is 0 Å². The van der Waals surface area contributed by atoms with Crippen molar-refractivity contribution in [2.24, 2.45) is 0 Å². The van der Waals surface area contributed by atoms with Crippen LogP contribution in [0.25, 0.3) is 0 Å². The molecule has 0 spiro atoms. The molecule has 1 rings (SSSR count). The number of benzene rings is 1. The van der Waals surface area contributed by atoms with Crippen LogP contribution in [0, 0.1) is 0 Å². The van der Waals surface area contributed by atoms with Crippen molar-refractivity contribution >= 4 is 5.97 Å². The van der Waals surface area contributed by atoms with Gasteiger partial charge in [0.25, 0.3) is 0 Å². The molecule has 1 unspecified atom stereocenters. The second-order valence-corrected chi connectivity index (χ2v) is 4.39. The Kier molecular flexibility index (Phi) is 7.15. The maximum atomic E-state index is 12.1. The number of hydrogen-bond acceptors (Lipinski definition) is 4. The average molecular weight is 265 g/mol. The lowest BCUT2D eigenvalue weighted by Gasteiger charge is -2.14. The molecule has 1 N–H and O–H groups in total. The Balaban J connectivity index is 2.65. The van der Waals surface area contributed by atoms with Gasteiger partial charge in [0.05, 0.1) is 12.2 Å². The van der Waals surface area contributed by atoms with E-state index in [4.69, 9.17) is 9.47 Å². The summed E-state index contributed by atoms with van der Waals surface area (Å²) in [6, 6.07) is 7.56. The van der Waals surface area contributed by atoms with Crippen molar-refractivity contribution in [3.63, 3.8) is 0 Å². The van der Waals surface area contributed by atoms with E-state index in [1.54, 1.807) is 6.07 Å². The van der Waals surface area contributed by atoms with Gasteiger partial charge in [-0.15, -0.1) is 0 Å². The highest BCUT2D eigenvalue weighted by atomic mass is 16.6. The topological polar surface area (TPSA) is 47.6 Å². The second-order valence-electron chi connectivity index (χ2n) is 4.39. The van der Waals surface area contributed by atoms with E-state index in [9.17, 15) is 4.79 Å². The summed E-state index contributed by atoms with van der Waals surface area (Å²) < 4.78 is 10.6. The minimum absolute atomic E-state index is 0.232. The highest BCUT2D eigenvalue weighted by Crippen LogP contribution is 2.12. The van der Waals surface area contributed by atoms with Crippen molar-refractivity contribution in [3.8, 4) is 0 Å². The van der Waals surface area contributed by atoms with E-state index >= 15 is 0 Å². The Morgan fingerprint density at radius 2 is 2.11 bits per heavy atom. The molecule has 0 aliphatic rings. The summed E-state index contributed by atoms with van der Waals surface area (Å²) in [6.45, 7) is 5.64. The van der Waals surface area contributed by atoms with Crippen molar-refractivity contribution < 1.29 is 14.3 Å². The number of nitrogens with one attached hydrogen (secondary N) is 1. The highest BCUT2D eigenvalue weighted by Gasteiger charge is 2.15. The second kappa shape index (κ2) is 8.67. The highest BCUT2D eigenvalue weighted by molar-refractivity contribution is 5.91. The van der Waals surface area contributed by atoms with E-state index < -0.39 is 0 Å². The van der Waals surface area contributed by atoms with Gasteiger partial charge in [-0.3, -0.25) is 0 Å². The molecule has 0 aliphatic heterocycles. The van der Waals surface area contributed by atoms with Gasteiger partial charge in [-0.05, 0) is 45.5 Å². The Morgan fingerprint density at radius 1 is 1.37 bits per heavy atom. The van der Waals surface area contributed by atoms with Crippen LogP contribution in [0.15, 0.2) is 24.3 Å². The van der Waals surface area contributed by atoms with E-state index in [1.165, 1.54) is 0 Å². The summed E-state index contributed by atoms with van der Waals surface area (Å²) in [5.74, 6) is -0.279. The van der Waals surface area contributed by atoms with E-state index in [1.807, 2.05) is 39.1 Å². The Labute approximate surface area is 115 Å². The molecule has 1 aromatic rings. The van der Waals surface area contributed by atoms with E-state index in [-0.39, 0.29) is 12.1 Å². The summed E-state index contributed by atoms with van der Waals surface area (Å²) in [5.41, 5.74) is 1.64. The first-order valence-corrected chi connectivity index (χ1v) is 6.70. The molecule has 0 amide bonds. The number of hydrogen-bond donors (Lipinski definition) is 1. The maximum Gasteiger partial charge on any atom is 0.338 e. The molecule has 0 aliphatic carbocycles. The monoisotopic (exact) mass is 265 g/mol. The number of esters is 1.